The summed E-state index contributed by atoms with van der Waals surface area (Å²) in [6.45, 7) is 1.11. The van der Waals surface area contributed by atoms with Crippen molar-refractivity contribution in [2.45, 2.75) is 44.2 Å². The number of hydrogen-bond acceptors (Lipinski definition) is 4. The van der Waals surface area contributed by atoms with Gasteiger partial charge in [0.2, 0.25) is 0 Å². The summed E-state index contributed by atoms with van der Waals surface area (Å²) < 4.78 is 11.3. The van der Waals surface area contributed by atoms with E-state index in [1.54, 1.807) is 6.07 Å². The van der Waals surface area contributed by atoms with E-state index in [0.717, 1.165) is 60.3 Å². The molecule has 0 saturated heterocycles. The van der Waals surface area contributed by atoms with Crippen molar-refractivity contribution in [1.29, 1.82) is 0 Å². The minimum absolute atomic E-state index is 0.0435. The topological polar surface area (TPSA) is 79.8 Å². The average Bonchev–Trinajstić information content (AvgIpc) is 3.58. The minimum atomic E-state index is -0.169. The summed E-state index contributed by atoms with van der Waals surface area (Å²) in [5.41, 5.74) is 3.02. The van der Waals surface area contributed by atoms with E-state index in [1.807, 2.05) is 30.3 Å². The minimum Gasteiger partial charge on any atom is -0.508 e. The van der Waals surface area contributed by atoms with Crippen LogP contribution in [0.3, 0.4) is 0 Å². The van der Waals surface area contributed by atoms with Gasteiger partial charge in [0.05, 0.1) is 12.1 Å². The number of nitrogens with one attached hydrogen (secondary N) is 2. The molecule has 6 heteroatoms. The molecule has 0 radical (unpaired) electrons. The molecular weight excluding hydrogens is 368 g/mol. The molecule has 152 valence electrons. The quantitative estimate of drug-likeness (QED) is 0.733. The van der Waals surface area contributed by atoms with Crippen LogP contribution in [0.15, 0.2) is 36.4 Å². The zero-order valence-corrected chi connectivity index (χ0v) is 16.3. The lowest BCUT2D eigenvalue weighted by Crippen LogP contribution is -2.41. The third-order valence-corrected chi connectivity index (χ3v) is 6.09. The van der Waals surface area contributed by atoms with Crippen LogP contribution in [0.5, 0.6) is 17.2 Å². The standard InChI is InChI=1S/C23H26N2O4/c26-19-6-2-3-16-17(19)4-1-5-18(16)24-23(27)25-22(14-7-8-14)15-9-10-20-21(13-15)29-12-11-28-20/h2-3,6,9-10,13-14,18,22,26H,1,4-5,7-8,11-12H2,(H2,24,25,27). The number of fused-ring (bicyclic) bond motifs is 2. The highest BCUT2D eigenvalue weighted by Gasteiger charge is 2.35. The molecule has 0 aromatic heterocycles. The maximum atomic E-state index is 12.9. The first-order valence-electron chi connectivity index (χ1n) is 10.5. The third-order valence-electron chi connectivity index (χ3n) is 6.09. The number of rotatable bonds is 4. The summed E-state index contributed by atoms with van der Waals surface area (Å²) in [7, 11) is 0. The molecule has 6 nitrogen and oxygen atoms in total. The molecule has 1 fully saturated rings. The number of phenols is 1. The van der Waals surface area contributed by atoms with Crippen LogP contribution in [0.4, 0.5) is 4.79 Å². The van der Waals surface area contributed by atoms with Crippen LogP contribution >= 0.6 is 0 Å². The highest BCUT2D eigenvalue weighted by molar-refractivity contribution is 5.75. The van der Waals surface area contributed by atoms with Gasteiger partial charge < -0.3 is 25.2 Å². The van der Waals surface area contributed by atoms with Gasteiger partial charge in [-0.2, -0.15) is 0 Å². The zero-order valence-electron chi connectivity index (χ0n) is 16.3. The molecule has 2 aliphatic carbocycles. The van der Waals surface area contributed by atoms with Gasteiger partial charge in [-0.15, -0.1) is 0 Å². The zero-order chi connectivity index (χ0) is 19.8. The second-order valence-corrected chi connectivity index (χ2v) is 8.13. The first-order valence-corrected chi connectivity index (χ1v) is 10.5. The molecule has 2 amide bonds. The number of aromatic hydroxyl groups is 1. The predicted molar refractivity (Wildman–Crippen MR) is 108 cm³/mol. The van der Waals surface area contributed by atoms with Crippen molar-refractivity contribution in [3.63, 3.8) is 0 Å². The van der Waals surface area contributed by atoms with E-state index in [0.29, 0.717) is 24.9 Å². The van der Waals surface area contributed by atoms with Gasteiger partial charge in [-0.1, -0.05) is 18.2 Å². The molecule has 2 unspecified atom stereocenters. The Kier molecular flexibility index (Phi) is 4.70. The fraction of sp³-hybridized carbons (Fsp3) is 0.435. The first kappa shape index (κ1) is 18.2. The van der Waals surface area contributed by atoms with E-state index in [9.17, 15) is 9.90 Å². The van der Waals surface area contributed by atoms with E-state index in [2.05, 4.69) is 10.6 Å². The lowest BCUT2D eigenvalue weighted by Gasteiger charge is -2.28. The maximum absolute atomic E-state index is 12.9. The summed E-state index contributed by atoms with van der Waals surface area (Å²) in [4.78, 5) is 12.9. The van der Waals surface area contributed by atoms with Gasteiger partial charge in [0.15, 0.2) is 11.5 Å². The second-order valence-electron chi connectivity index (χ2n) is 8.13. The average molecular weight is 394 g/mol. The summed E-state index contributed by atoms with van der Waals surface area (Å²) in [5, 5.41) is 16.4. The fourth-order valence-corrected chi connectivity index (χ4v) is 4.48. The van der Waals surface area contributed by atoms with Crippen LogP contribution in [0.1, 0.15) is 54.5 Å². The number of phenolic OH excluding ortho intramolecular Hbond substituents is 1. The molecule has 2 atom stereocenters. The van der Waals surface area contributed by atoms with Crippen molar-refractivity contribution < 1.29 is 19.4 Å². The molecule has 1 heterocycles. The first-order chi connectivity index (χ1) is 14.2. The van der Waals surface area contributed by atoms with Gasteiger partial charge in [-0.05, 0) is 72.9 Å². The molecule has 2 aromatic carbocycles. The maximum Gasteiger partial charge on any atom is 0.315 e. The molecule has 1 aliphatic heterocycles. The lowest BCUT2D eigenvalue weighted by atomic mass is 9.87. The molecule has 0 bridgehead atoms. The van der Waals surface area contributed by atoms with Gasteiger partial charge in [-0.25, -0.2) is 4.79 Å². The number of urea groups is 1. The van der Waals surface area contributed by atoms with Crippen molar-refractivity contribution in [1.82, 2.24) is 10.6 Å². The van der Waals surface area contributed by atoms with Crippen molar-refractivity contribution in [2.75, 3.05) is 13.2 Å². The van der Waals surface area contributed by atoms with Gasteiger partial charge in [0, 0.05) is 0 Å². The molecule has 29 heavy (non-hydrogen) atoms. The number of carbonyl (C=O) groups is 1. The molecule has 3 N–H and O–H groups in total. The molecule has 3 aliphatic rings. The lowest BCUT2D eigenvalue weighted by molar-refractivity contribution is 0.171. The van der Waals surface area contributed by atoms with Crippen LogP contribution < -0.4 is 20.1 Å². The summed E-state index contributed by atoms with van der Waals surface area (Å²) in [6, 6.07) is 11.2. The molecular formula is C23H26N2O4. The highest BCUT2D eigenvalue weighted by Crippen LogP contribution is 2.43. The van der Waals surface area contributed by atoms with Crippen molar-refractivity contribution in [3.8, 4) is 17.2 Å². The summed E-state index contributed by atoms with van der Waals surface area (Å²) >= 11 is 0. The largest absolute Gasteiger partial charge is 0.508 e. The van der Waals surface area contributed by atoms with Gasteiger partial charge in [-0.3, -0.25) is 0 Å². The number of ether oxygens (including phenoxy) is 2. The highest BCUT2D eigenvalue weighted by atomic mass is 16.6. The molecule has 5 rings (SSSR count). The number of carbonyl (C=O) groups excluding carboxylic acids is 1. The van der Waals surface area contributed by atoms with Crippen molar-refractivity contribution >= 4 is 6.03 Å². The Morgan fingerprint density at radius 3 is 2.72 bits per heavy atom. The predicted octanol–water partition coefficient (Wildman–Crippen LogP) is 3.99. The van der Waals surface area contributed by atoms with E-state index < -0.39 is 0 Å². The Morgan fingerprint density at radius 1 is 1.07 bits per heavy atom. The van der Waals surface area contributed by atoms with E-state index in [1.165, 1.54) is 0 Å². The Hall–Kier alpha value is -2.89. The molecule has 2 aromatic rings. The second kappa shape index (κ2) is 7.50. The van der Waals surface area contributed by atoms with Gasteiger partial charge >= 0.3 is 6.03 Å². The van der Waals surface area contributed by atoms with E-state index in [4.69, 9.17) is 9.47 Å². The third kappa shape index (κ3) is 3.71. The van der Waals surface area contributed by atoms with Crippen LogP contribution in [-0.2, 0) is 6.42 Å². The smallest absolute Gasteiger partial charge is 0.315 e. The fourth-order valence-electron chi connectivity index (χ4n) is 4.48. The van der Waals surface area contributed by atoms with Gasteiger partial charge in [0.1, 0.15) is 19.0 Å². The SMILES string of the molecule is O=C(NC1CCCc2c(O)cccc21)NC(c1ccc2c(c1)OCCO2)C1CC1. The molecule has 0 spiro atoms. The monoisotopic (exact) mass is 394 g/mol. The van der Waals surface area contributed by atoms with Crippen LogP contribution in [0, 0.1) is 5.92 Å². The van der Waals surface area contributed by atoms with Crippen LogP contribution in [0.25, 0.3) is 0 Å². The van der Waals surface area contributed by atoms with Crippen LogP contribution in [-0.4, -0.2) is 24.4 Å². The Bertz CT molecular complexity index is 925. The Morgan fingerprint density at radius 2 is 1.90 bits per heavy atom. The van der Waals surface area contributed by atoms with E-state index in [-0.39, 0.29) is 18.1 Å². The summed E-state index contributed by atoms with van der Waals surface area (Å²) in [6.07, 6.45) is 4.90. The van der Waals surface area contributed by atoms with E-state index >= 15 is 0 Å². The Labute approximate surface area is 170 Å². The number of benzene rings is 2. The van der Waals surface area contributed by atoms with Crippen LogP contribution in [0.2, 0.25) is 0 Å². The van der Waals surface area contributed by atoms with Crippen molar-refractivity contribution in [2.24, 2.45) is 5.92 Å². The molecule has 1 saturated carbocycles. The number of amides is 2. The van der Waals surface area contributed by atoms with Gasteiger partial charge in [0.25, 0.3) is 0 Å². The number of hydrogen-bond donors (Lipinski definition) is 3. The Balaban J connectivity index is 1.31. The summed E-state index contributed by atoms with van der Waals surface area (Å²) in [5.74, 6) is 2.28. The normalized spacial score (nSPS) is 21.0. The van der Waals surface area contributed by atoms with Crippen molar-refractivity contribution in [3.05, 3.63) is 53.1 Å².